The second kappa shape index (κ2) is 4.98. The Bertz CT molecular complexity index is 990. The number of aromatic nitrogens is 4. The van der Waals surface area contributed by atoms with Gasteiger partial charge in [-0.15, -0.1) is 11.3 Å². The second-order valence-corrected chi connectivity index (χ2v) is 7.78. The van der Waals surface area contributed by atoms with E-state index in [1.165, 1.54) is 11.3 Å². The number of rotatable bonds is 2. The Hall–Kier alpha value is -2.03. The summed E-state index contributed by atoms with van der Waals surface area (Å²) in [5, 5.41) is 20.6. The van der Waals surface area contributed by atoms with E-state index in [4.69, 9.17) is 0 Å². The Balaban J connectivity index is 1.60. The Labute approximate surface area is 141 Å². The molecule has 0 spiro atoms. The average Bonchev–Trinajstić information content (AvgIpc) is 3.28. The van der Waals surface area contributed by atoms with Crippen molar-refractivity contribution in [3.63, 3.8) is 0 Å². The lowest BCUT2D eigenvalue weighted by molar-refractivity contribution is 0.0953. The molecule has 2 bridgehead atoms. The summed E-state index contributed by atoms with van der Waals surface area (Å²) in [4.78, 5) is 21.1. The Morgan fingerprint density at radius 3 is 2.96 bits per heavy atom. The van der Waals surface area contributed by atoms with Gasteiger partial charge >= 0.3 is 0 Å². The molecule has 0 aromatic carbocycles. The summed E-state index contributed by atoms with van der Waals surface area (Å²) in [7, 11) is 0. The molecule has 2 fully saturated rings. The summed E-state index contributed by atoms with van der Waals surface area (Å²) in [6.45, 7) is 1.95. The fourth-order valence-electron chi connectivity index (χ4n) is 4.04. The lowest BCUT2D eigenvalue weighted by Crippen LogP contribution is -2.37. The van der Waals surface area contributed by atoms with Crippen molar-refractivity contribution in [2.75, 3.05) is 0 Å². The fourth-order valence-corrected chi connectivity index (χ4v) is 5.10. The molecule has 1 aliphatic heterocycles. The minimum atomic E-state index is -0.311. The maximum Gasteiger partial charge on any atom is 0.268 e. The second-order valence-electron chi connectivity index (χ2n) is 6.73. The zero-order valence-corrected chi connectivity index (χ0v) is 13.9. The Morgan fingerprint density at radius 2 is 2.25 bits per heavy atom. The fraction of sp³-hybridized carbons (Fsp3) is 0.438. The number of thiophene rings is 1. The first-order valence-corrected chi connectivity index (χ1v) is 8.90. The van der Waals surface area contributed by atoms with Crippen LogP contribution in [0.4, 0.5) is 0 Å². The van der Waals surface area contributed by atoms with Crippen molar-refractivity contribution >= 4 is 21.6 Å². The van der Waals surface area contributed by atoms with Gasteiger partial charge in [-0.25, -0.2) is 4.98 Å². The van der Waals surface area contributed by atoms with Crippen molar-refractivity contribution in [1.82, 2.24) is 25.5 Å². The van der Waals surface area contributed by atoms with E-state index in [-0.39, 0.29) is 23.6 Å². The quantitative estimate of drug-likeness (QED) is 0.564. The van der Waals surface area contributed by atoms with E-state index in [0.717, 1.165) is 29.0 Å². The highest BCUT2D eigenvalue weighted by Crippen LogP contribution is 2.42. The van der Waals surface area contributed by atoms with Crippen molar-refractivity contribution in [1.29, 1.82) is 0 Å². The van der Waals surface area contributed by atoms with Crippen LogP contribution in [-0.2, 0) is 0 Å². The van der Waals surface area contributed by atoms with E-state index in [1.807, 2.05) is 13.0 Å². The Morgan fingerprint density at radius 1 is 1.38 bits per heavy atom. The van der Waals surface area contributed by atoms with Gasteiger partial charge in [0, 0.05) is 28.1 Å². The van der Waals surface area contributed by atoms with Crippen LogP contribution in [0.15, 0.2) is 17.1 Å². The van der Waals surface area contributed by atoms with Crippen LogP contribution in [-0.4, -0.2) is 37.4 Å². The molecule has 4 atom stereocenters. The van der Waals surface area contributed by atoms with Crippen LogP contribution in [0.1, 0.15) is 30.4 Å². The number of H-pyrrole nitrogens is 2. The number of aliphatic hydroxyl groups is 1. The van der Waals surface area contributed by atoms with Gasteiger partial charge in [0.15, 0.2) is 0 Å². The van der Waals surface area contributed by atoms with Crippen molar-refractivity contribution in [2.24, 2.45) is 5.92 Å². The lowest BCUT2D eigenvalue weighted by Gasteiger charge is -2.26. The molecule has 7 nitrogen and oxygen atoms in total. The number of aromatic amines is 2. The van der Waals surface area contributed by atoms with E-state index in [2.05, 4.69) is 25.5 Å². The predicted molar refractivity (Wildman–Crippen MR) is 91.0 cm³/mol. The van der Waals surface area contributed by atoms with Crippen LogP contribution in [0.2, 0.25) is 0 Å². The van der Waals surface area contributed by atoms with Gasteiger partial charge in [0.2, 0.25) is 0 Å². The molecule has 124 valence electrons. The molecule has 2 unspecified atom stereocenters. The van der Waals surface area contributed by atoms with E-state index in [0.29, 0.717) is 22.1 Å². The third kappa shape index (κ3) is 2.00. The van der Waals surface area contributed by atoms with Crippen LogP contribution in [0.5, 0.6) is 0 Å². The standard InChI is InChI=1S/C16H17N5O2S/c1-6-9(5-17-21-6)12-4-10-14(24-12)16(23)20-15(19-10)13-8-2-7(18-13)3-11(8)22/h4-5,7-8,11,13,18,22H,2-3H2,1H3,(H,17,21)(H,19,20,23)/t7?,8?,11-,13-/m0/s1. The van der Waals surface area contributed by atoms with Gasteiger partial charge in [0.1, 0.15) is 10.5 Å². The monoisotopic (exact) mass is 343 g/mol. The van der Waals surface area contributed by atoms with E-state index < -0.39 is 0 Å². The highest BCUT2D eigenvalue weighted by Gasteiger charge is 2.46. The normalized spacial score (nSPS) is 28.9. The van der Waals surface area contributed by atoms with Gasteiger partial charge in [-0.3, -0.25) is 9.89 Å². The van der Waals surface area contributed by atoms with Crippen LogP contribution >= 0.6 is 11.3 Å². The molecular weight excluding hydrogens is 326 g/mol. The predicted octanol–water partition coefficient (Wildman–Crippen LogP) is 1.47. The maximum atomic E-state index is 12.5. The molecule has 3 aromatic heterocycles. The number of aryl methyl sites for hydroxylation is 1. The minimum Gasteiger partial charge on any atom is -0.393 e. The van der Waals surface area contributed by atoms with Crippen molar-refractivity contribution in [3.8, 4) is 10.4 Å². The highest BCUT2D eigenvalue weighted by molar-refractivity contribution is 7.22. The topological polar surface area (TPSA) is 107 Å². The molecule has 0 amide bonds. The molecule has 24 heavy (non-hydrogen) atoms. The van der Waals surface area contributed by atoms with Crippen molar-refractivity contribution in [2.45, 2.75) is 38.0 Å². The molecule has 0 radical (unpaired) electrons. The molecule has 3 aromatic rings. The molecule has 1 aliphatic carbocycles. The van der Waals surface area contributed by atoms with Crippen LogP contribution in [0, 0.1) is 12.8 Å². The van der Waals surface area contributed by atoms with Gasteiger partial charge in [-0.2, -0.15) is 5.10 Å². The van der Waals surface area contributed by atoms with Crippen LogP contribution < -0.4 is 10.9 Å². The summed E-state index contributed by atoms with van der Waals surface area (Å²) < 4.78 is 0.623. The molecule has 4 heterocycles. The number of aliphatic hydroxyl groups excluding tert-OH is 1. The first-order chi connectivity index (χ1) is 11.6. The third-order valence-electron chi connectivity index (χ3n) is 5.21. The number of fused-ring (bicyclic) bond motifs is 3. The number of nitrogens with one attached hydrogen (secondary N) is 3. The Kier molecular flexibility index (Phi) is 2.97. The van der Waals surface area contributed by atoms with Gasteiger partial charge in [-0.1, -0.05) is 0 Å². The van der Waals surface area contributed by atoms with Crippen LogP contribution in [0.3, 0.4) is 0 Å². The first kappa shape index (κ1) is 14.3. The third-order valence-corrected chi connectivity index (χ3v) is 6.37. The zero-order chi connectivity index (χ0) is 16.4. The summed E-state index contributed by atoms with van der Waals surface area (Å²) >= 11 is 1.43. The average molecular weight is 343 g/mol. The minimum absolute atomic E-state index is 0.0742. The molecule has 5 rings (SSSR count). The number of piperidine rings is 1. The number of hydrogen-bond acceptors (Lipinski definition) is 6. The largest absolute Gasteiger partial charge is 0.393 e. The summed E-state index contributed by atoms with van der Waals surface area (Å²) in [6, 6.07) is 2.19. The molecule has 2 aliphatic rings. The molecule has 8 heteroatoms. The SMILES string of the molecule is Cc1[nH]ncc1-c1cc2nc([C@H]3NC4CC3[C@@H](O)C4)[nH]c(=O)c2s1. The number of hydrogen-bond donors (Lipinski definition) is 4. The van der Waals surface area contributed by atoms with E-state index in [9.17, 15) is 9.90 Å². The van der Waals surface area contributed by atoms with Gasteiger partial charge < -0.3 is 15.4 Å². The van der Waals surface area contributed by atoms with E-state index in [1.54, 1.807) is 6.20 Å². The van der Waals surface area contributed by atoms with Crippen LogP contribution in [0.25, 0.3) is 20.7 Å². The summed E-state index contributed by atoms with van der Waals surface area (Å²) in [5.74, 6) is 0.761. The van der Waals surface area contributed by atoms with E-state index >= 15 is 0 Å². The number of nitrogens with zero attached hydrogens (tertiary/aromatic N) is 2. The summed E-state index contributed by atoms with van der Waals surface area (Å²) in [5.41, 5.74) is 2.54. The molecule has 4 N–H and O–H groups in total. The van der Waals surface area contributed by atoms with Gasteiger partial charge in [-0.05, 0) is 25.8 Å². The van der Waals surface area contributed by atoms with Gasteiger partial charge in [0.25, 0.3) is 5.56 Å². The highest BCUT2D eigenvalue weighted by atomic mass is 32.1. The lowest BCUT2D eigenvalue weighted by atomic mass is 9.96. The molecule has 1 saturated heterocycles. The smallest absolute Gasteiger partial charge is 0.268 e. The molecule has 1 saturated carbocycles. The summed E-state index contributed by atoms with van der Waals surface area (Å²) in [6.07, 6.45) is 3.18. The van der Waals surface area contributed by atoms with Crippen molar-refractivity contribution < 1.29 is 5.11 Å². The first-order valence-electron chi connectivity index (χ1n) is 8.08. The zero-order valence-electron chi connectivity index (χ0n) is 13.0. The molecular formula is C16H17N5O2S. The van der Waals surface area contributed by atoms with Gasteiger partial charge in [0.05, 0.1) is 23.9 Å². The van der Waals surface area contributed by atoms with Crippen molar-refractivity contribution in [3.05, 3.63) is 34.1 Å². The maximum absolute atomic E-state index is 12.5.